The topological polar surface area (TPSA) is 75.3 Å². The fourth-order valence-corrected chi connectivity index (χ4v) is 2.87. The number of amides is 1. The van der Waals surface area contributed by atoms with Crippen LogP contribution >= 0.6 is 0 Å². The molecule has 2 heterocycles. The Morgan fingerprint density at radius 1 is 1.31 bits per heavy atom. The minimum Gasteiger partial charge on any atom is -0.382 e. The van der Waals surface area contributed by atoms with Crippen molar-refractivity contribution in [2.45, 2.75) is 6.04 Å². The minimum atomic E-state index is -0.489. The lowest BCUT2D eigenvalue weighted by atomic mass is 10.1. The number of hydrogen-bond donors (Lipinski definition) is 1. The molecule has 1 atom stereocenters. The Labute approximate surface area is 149 Å². The molecule has 0 aliphatic rings. The van der Waals surface area contributed by atoms with Crippen molar-refractivity contribution in [1.82, 2.24) is 14.9 Å². The highest BCUT2D eigenvalue weighted by atomic mass is 19.1. The van der Waals surface area contributed by atoms with Crippen molar-refractivity contribution in [1.29, 1.82) is 0 Å². The second-order valence-corrected chi connectivity index (χ2v) is 5.88. The molecule has 26 heavy (non-hydrogen) atoms. The average Bonchev–Trinajstić information content (AvgIpc) is 2.64. The Kier molecular flexibility index (Phi) is 5.09. The highest BCUT2D eigenvalue weighted by molar-refractivity contribution is 6.06. The van der Waals surface area contributed by atoms with Crippen molar-refractivity contribution in [2.75, 3.05) is 20.8 Å². The zero-order valence-electron chi connectivity index (χ0n) is 14.4. The van der Waals surface area contributed by atoms with Gasteiger partial charge in [0.15, 0.2) is 0 Å². The Hall–Kier alpha value is -3.06. The number of benzene rings is 1. The number of nitrogens with zero attached hydrogens (tertiary/aromatic N) is 2. The van der Waals surface area contributed by atoms with Crippen LogP contribution < -0.4 is 5.56 Å². The molecule has 134 valence electrons. The smallest absolute Gasteiger partial charge is 0.255 e. The van der Waals surface area contributed by atoms with Crippen molar-refractivity contribution in [2.24, 2.45) is 0 Å². The molecule has 0 unspecified atom stereocenters. The number of aromatic nitrogens is 2. The van der Waals surface area contributed by atoms with Crippen LogP contribution in [0.4, 0.5) is 4.39 Å². The van der Waals surface area contributed by atoms with Gasteiger partial charge < -0.3 is 14.6 Å². The summed E-state index contributed by atoms with van der Waals surface area (Å²) in [7, 11) is 3.16. The third-order valence-corrected chi connectivity index (χ3v) is 4.18. The molecule has 3 aromatic rings. The highest BCUT2D eigenvalue weighted by Crippen LogP contribution is 2.23. The molecule has 7 heteroatoms. The summed E-state index contributed by atoms with van der Waals surface area (Å²) >= 11 is 0. The molecule has 1 amide bonds. The molecule has 0 saturated heterocycles. The molecule has 0 fully saturated rings. The van der Waals surface area contributed by atoms with E-state index in [1.165, 1.54) is 29.2 Å². The van der Waals surface area contributed by atoms with Gasteiger partial charge in [-0.2, -0.15) is 0 Å². The molecular formula is C19H18FN3O3. The maximum Gasteiger partial charge on any atom is 0.255 e. The van der Waals surface area contributed by atoms with Crippen LogP contribution in [0.1, 0.15) is 22.1 Å². The van der Waals surface area contributed by atoms with Gasteiger partial charge in [0, 0.05) is 31.8 Å². The summed E-state index contributed by atoms with van der Waals surface area (Å²) in [6.45, 7) is 0.245. The summed E-state index contributed by atoms with van der Waals surface area (Å²) in [5, 5.41) is 0.472. The lowest BCUT2D eigenvalue weighted by molar-refractivity contribution is 0.0596. The van der Waals surface area contributed by atoms with Gasteiger partial charge in [0.25, 0.3) is 5.91 Å². The third-order valence-electron chi connectivity index (χ3n) is 4.18. The molecule has 1 N–H and O–H groups in total. The first kappa shape index (κ1) is 17.8. The normalized spacial score (nSPS) is 12.1. The first-order chi connectivity index (χ1) is 12.5. The number of likely N-dealkylation sites (N-methyl/N-ethyl adjacent to an activating group) is 1. The van der Waals surface area contributed by atoms with E-state index in [1.807, 2.05) is 6.07 Å². The Balaban J connectivity index is 2.05. The number of carbonyl (C=O) groups excluding carboxylic acids is 1. The van der Waals surface area contributed by atoms with Gasteiger partial charge >= 0.3 is 0 Å². The highest BCUT2D eigenvalue weighted by Gasteiger charge is 2.25. The second kappa shape index (κ2) is 7.45. The lowest BCUT2D eigenvalue weighted by Gasteiger charge is -2.27. The van der Waals surface area contributed by atoms with Crippen LogP contribution in [0.25, 0.3) is 10.9 Å². The van der Waals surface area contributed by atoms with E-state index in [4.69, 9.17) is 4.74 Å². The molecule has 2 aromatic heterocycles. The summed E-state index contributed by atoms with van der Waals surface area (Å²) < 4.78 is 18.7. The van der Waals surface area contributed by atoms with Crippen molar-refractivity contribution in [3.63, 3.8) is 0 Å². The fraction of sp³-hybridized carbons (Fsp3) is 0.211. The van der Waals surface area contributed by atoms with Crippen LogP contribution in [0.15, 0.2) is 53.5 Å². The minimum absolute atomic E-state index is 0.197. The number of halogens is 1. The van der Waals surface area contributed by atoms with E-state index < -0.39 is 17.4 Å². The van der Waals surface area contributed by atoms with Crippen LogP contribution in [-0.2, 0) is 4.74 Å². The fourth-order valence-electron chi connectivity index (χ4n) is 2.87. The number of ether oxygens (including phenoxy) is 1. The van der Waals surface area contributed by atoms with Crippen LogP contribution in [-0.4, -0.2) is 41.5 Å². The quantitative estimate of drug-likeness (QED) is 0.763. The van der Waals surface area contributed by atoms with Crippen LogP contribution in [0, 0.1) is 5.82 Å². The monoisotopic (exact) mass is 355 g/mol. The molecule has 0 bridgehead atoms. The van der Waals surface area contributed by atoms with Crippen LogP contribution in [0.3, 0.4) is 0 Å². The number of aromatic amines is 1. The van der Waals surface area contributed by atoms with E-state index in [0.29, 0.717) is 11.1 Å². The van der Waals surface area contributed by atoms with Gasteiger partial charge in [-0.3, -0.25) is 14.6 Å². The molecule has 0 saturated carbocycles. The Morgan fingerprint density at radius 2 is 2.12 bits per heavy atom. The summed E-state index contributed by atoms with van der Waals surface area (Å²) in [5.74, 6) is -0.864. The van der Waals surface area contributed by atoms with Crippen LogP contribution in [0.5, 0.6) is 0 Å². The number of H-pyrrole nitrogens is 1. The number of methoxy groups -OCH3 is 1. The second-order valence-electron chi connectivity index (χ2n) is 5.88. The van der Waals surface area contributed by atoms with Crippen molar-refractivity contribution < 1.29 is 13.9 Å². The summed E-state index contributed by atoms with van der Waals surface area (Å²) in [6, 6.07) is 10.1. The number of fused-ring (bicyclic) bond motifs is 1. The summed E-state index contributed by atoms with van der Waals surface area (Å²) in [6.07, 6.45) is 1.64. The standard InChI is InChI=1S/C19H18FN3O3/c1-23(17(11-26-2)15-5-3-4-8-21-15)19(25)14-10-18(24)22-16-9-12(20)6-7-13(14)16/h3-10,17H,11H2,1-2H3,(H,22,24)/t17-/m1/s1. The molecule has 0 aliphatic heterocycles. The lowest BCUT2D eigenvalue weighted by Crippen LogP contribution is -2.35. The van der Waals surface area contributed by atoms with E-state index in [1.54, 1.807) is 32.5 Å². The van der Waals surface area contributed by atoms with Crippen molar-refractivity contribution >= 4 is 16.8 Å². The van der Waals surface area contributed by atoms with E-state index in [9.17, 15) is 14.0 Å². The average molecular weight is 355 g/mol. The SMILES string of the molecule is COC[C@H](c1ccccn1)N(C)C(=O)c1cc(=O)[nH]c2cc(F)ccc12. The maximum absolute atomic E-state index is 13.5. The van der Waals surface area contributed by atoms with Gasteiger partial charge in [-0.05, 0) is 30.3 Å². The van der Waals surface area contributed by atoms with Gasteiger partial charge in [-0.1, -0.05) is 6.07 Å². The van der Waals surface area contributed by atoms with Gasteiger partial charge in [-0.15, -0.1) is 0 Å². The van der Waals surface area contributed by atoms with E-state index in [2.05, 4.69) is 9.97 Å². The van der Waals surface area contributed by atoms with E-state index in [0.717, 1.165) is 0 Å². The number of rotatable bonds is 5. The maximum atomic E-state index is 13.5. The van der Waals surface area contributed by atoms with Crippen molar-refractivity contribution in [3.05, 3.63) is 76.1 Å². The molecular weight excluding hydrogens is 337 g/mol. The molecule has 0 spiro atoms. The summed E-state index contributed by atoms with van der Waals surface area (Å²) in [4.78, 5) is 33.3. The first-order valence-corrected chi connectivity index (χ1v) is 8.01. The van der Waals surface area contributed by atoms with Crippen LogP contribution in [0.2, 0.25) is 0 Å². The number of pyridine rings is 2. The van der Waals surface area contributed by atoms with E-state index >= 15 is 0 Å². The predicted molar refractivity (Wildman–Crippen MR) is 95.5 cm³/mol. The van der Waals surface area contributed by atoms with Gasteiger partial charge in [0.05, 0.1) is 29.4 Å². The molecule has 0 aliphatic carbocycles. The molecule has 1 aromatic carbocycles. The Morgan fingerprint density at radius 3 is 2.81 bits per heavy atom. The van der Waals surface area contributed by atoms with E-state index in [-0.39, 0.29) is 23.6 Å². The van der Waals surface area contributed by atoms with Gasteiger partial charge in [-0.25, -0.2) is 4.39 Å². The first-order valence-electron chi connectivity index (χ1n) is 8.01. The molecule has 0 radical (unpaired) electrons. The summed E-state index contributed by atoms with van der Waals surface area (Å²) in [5.41, 5.74) is 0.671. The Bertz CT molecular complexity index is 988. The van der Waals surface area contributed by atoms with Crippen molar-refractivity contribution in [3.8, 4) is 0 Å². The largest absolute Gasteiger partial charge is 0.382 e. The predicted octanol–water partition coefficient (Wildman–Crippen LogP) is 2.52. The third kappa shape index (κ3) is 3.48. The van der Waals surface area contributed by atoms with Gasteiger partial charge in [0.1, 0.15) is 5.82 Å². The number of carbonyl (C=O) groups is 1. The number of nitrogens with one attached hydrogen (secondary N) is 1. The zero-order chi connectivity index (χ0) is 18.7. The van der Waals surface area contributed by atoms with Gasteiger partial charge in [0.2, 0.25) is 5.56 Å². The zero-order valence-corrected chi connectivity index (χ0v) is 14.4. The molecule has 6 nitrogen and oxygen atoms in total. The number of hydrogen-bond acceptors (Lipinski definition) is 4. The molecule has 3 rings (SSSR count).